The molecule has 476 valence electrons. The van der Waals surface area contributed by atoms with E-state index in [1.165, 1.54) is 36.5 Å². The first kappa shape index (κ1) is 66.7. The molecule has 0 aromatic heterocycles. The molecule has 6 aliphatic rings. The smallest absolute Gasteiger partial charge is 0.264 e. The van der Waals surface area contributed by atoms with E-state index in [1.54, 1.807) is 60.7 Å². The highest BCUT2D eigenvalue weighted by molar-refractivity contribution is 7.91. The Balaban J connectivity index is 0.000000209. The first-order chi connectivity index (χ1) is 42.2. The Morgan fingerprint density at radius 1 is 0.636 bits per heavy atom. The SMILES string of the molecule is C=CCC[C@@H](COC)S(=O)(=O)NC(=O)c1ccc2c(c1)N(C[C@@H]1CC[C@H]1[C@@H](O)C=C)C[C@@]1(CCCc3cc(Cl)ccc31)CO2.C=CCC[C@H](COC)S(=O)(=O)NC(=O)c1ccc2c(c1)N(C[C@@H]1CC[C@H]1[C@@H](O)C=C)C[C@@]1(CCCc3cc(Cl)ccc31)CO2. The van der Waals surface area contributed by atoms with E-state index in [4.69, 9.17) is 42.1 Å². The number of aryl methyl sites for hydroxylation is 2. The highest BCUT2D eigenvalue weighted by Gasteiger charge is 2.47. The quantitative estimate of drug-likeness (QED) is 0.0481. The first-order valence-electron chi connectivity index (χ1n) is 30.8. The fourth-order valence-corrected chi connectivity index (χ4v) is 17.1. The predicted molar refractivity (Wildman–Crippen MR) is 348 cm³/mol. The van der Waals surface area contributed by atoms with Crippen LogP contribution in [0.1, 0.15) is 120 Å². The summed E-state index contributed by atoms with van der Waals surface area (Å²) in [5, 5.41) is 20.8. The summed E-state index contributed by atoms with van der Waals surface area (Å²) >= 11 is 12.8. The number of rotatable bonds is 24. The number of nitrogens with one attached hydrogen (secondary N) is 2. The summed E-state index contributed by atoms with van der Waals surface area (Å²) in [4.78, 5) is 31.4. The molecule has 4 aliphatic carbocycles. The zero-order valence-corrected chi connectivity index (χ0v) is 53.8. The van der Waals surface area contributed by atoms with Crippen molar-refractivity contribution in [1.82, 2.24) is 9.44 Å². The summed E-state index contributed by atoms with van der Waals surface area (Å²) in [5.74, 6) is 0.572. The number of carbonyl (C=O) groups excluding carboxylic acids is 2. The molecule has 10 rings (SSSR count). The van der Waals surface area contributed by atoms with E-state index in [2.05, 4.69) is 69.8 Å². The number of aliphatic hydroxyl groups is 2. The van der Waals surface area contributed by atoms with Crippen molar-refractivity contribution in [2.24, 2.45) is 23.7 Å². The molecule has 2 saturated carbocycles. The van der Waals surface area contributed by atoms with Gasteiger partial charge >= 0.3 is 0 Å². The number of fused-ring (bicyclic) bond motifs is 6. The molecule has 2 heterocycles. The number of ether oxygens (including phenoxy) is 4. The van der Waals surface area contributed by atoms with Crippen molar-refractivity contribution in [3.05, 3.63) is 167 Å². The zero-order chi connectivity index (χ0) is 63.0. The minimum Gasteiger partial charge on any atom is -0.490 e. The van der Waals surface area contributed by atoms with E-state index >= 15 is 0 Å². The molecule has 0 radical (unpaired) electrons. The fraction of sp³-hybridized carbons (Fsp3) is 0.500. The standard InChI is InChI=1S/2C34H43ClN2O6S/c2*1-4-6-9-27(20-42-3)44(40,41)36-33(39)24-11-15-32-30(18-24)37(19-25-10-13-28(25)31(38)5-2)21-34(22-43-32)16-7-8-23-17-26(35)12-14-29(23)34/h2*4-5,11-12,14-15,17-18,25,27-28,31,38H,1-2,6-10,13,16,19-22H2,3H3,(H,36,39)/t25-,27+,28+,31-,34-;25-,27-,28+,31-,34-/m00/s1. The van der Waals surface area contributed by atoms with Gasteiger partial charge in [-0.1, -0.05) is 59.6 Å². The van der Waals surface area contributed by atoms with Gasteiger partial charge in [-0.15, -0.1) is 26.3 Å². The minimum absolute atomic E-state index is 0.0316. The maximum atomic E-state index is 13.4. The van der Waals surface area contributed by atoms with E-state index in [9.17, 15) is 36.6 Å². The van der Waals surface area contributed by atoms with Crippen LogP contribution in [0.25, 0.3) is 0 Å². The van der Waals surface area contributed by atoms with Gasteiger partial charge in [0.2, 0.25) is 20.0 Å². The summed E-state index contributed by atoms with van der Waals surface area (Å²) in [5.41, 5.74) is 6.27. The number of benzene rings is 4. The number of aliphatic hydroxyl groups excluding tert-OH is 2. The average Bonchev–Trinajstić information content (AvgIpc) is 1.50. The zero-order valence-electron chi connectivity index (χ0n) is 50.7. The molecule has 16 nitrogen and oxygen atoms in total. The number of methoxy groups -OCH3 is 2. The van der Waals surface area contributed by atoms with Gasteiger partial charge in [0.15, 0.2) is 0 Å². The van der Waals surface area contributed by atoms with Gasteiger partial charge in [0.25, 0.3) is 11.8 Å². The molecule has 2 aliphatic heterocycles. The molecule has 10 atom stereocenters. The Labute approximate surface area is 530 Å². The van der Waals surface area contributed by atoms with Crippen LogP contribution in [0.15, 0.2) is 123 Å². The first-order valence-corrected chi connectivity index (χ1v) is 34.6. The number of sulfonamides is 2. The Kier molecular flexibility index (Phi) is 22.0. The monoisotopic (exact) mass is 1280 g/mol. The van der Waals surface area contributed by atoms with Crippen LogP contribution in [0, 0.1) is 23.7 Å². The second-order valence-electron chi connectivity index (χ2n) is 24.9. The van der Waals surface area contributed by atoms with Crippen molar-refractivity contribution in [3.63, 3.8) is 0 Å². The number of hydrogen-bond donors (Lipinski definition) is 4. The molecule has 4 aromatic rings. The van der Waals surface area contributed by atoms with Crippen LogP contribution >= 0.6 is 23.2 Å². The molecule has 0 saturated heterocycles. The lowest BCUT2D eigenvalue weighted by Crippen LogP contribution is -2.49. The van der Waals surface area contributed by atoms with Crippen LogP contribution < -0.4 is 28.7 Å². The number of carbonyl (C=O) groups is 2. The van der Waals surface area contributed by atoms with E-state index in [0.717, 1.165) is 75.6 Å². The van der Waals surface area contributed by atoms with E-state index in [1.807, 2.05) is 12.1 Å². The summed E-state index contributed by atoms with van der Waals surface area (Å²) in [6.45, 7) is 18.5. The number of amides is 2. The largest absolute Gasteiger partial charge is 0.490 e. The Bertz CT molecular complexity index is 3220. The van der Waals surface area contributed by atoms with Crippen LogP contribution in [0.4, 0.5) is 11.4 Å². The predicted octanol–water partition coefficient (Wildman–Crippen LogP) is 10.9. The molecular weight excluding hydrogens is 1200 g/mol. The normalized spacial score (nSPS) is 24.1. The molecule has 88 heavy (non-hydrogen) atoms. The van der Waals surface area contributed by atoms with Crippen molar-refractivity contribution in [1.29, 1.82) is 0 Å². The maximum Gasteiger partial charge on any atom is 0.264 e. The van der Waals surface area contributed by atoms with Crippen molar-refractivity contribution >= 4 is 66.4 Å². The van der Waals surface area contributed by atoms with Crippen LogP contribution in [-0.2, 0) is 53.2 Å². The Morgan fingerprint density at radius 2 is 1.05 bits per heavy atom. The average molecular weight is 1290 g/mol. The van der Waals surface area contributed by atoms with Crippen LogP contribution in [0.5, 0.6) is 11.5 Å². The van der Waals surface area contributed by atoms with E-state index in [-0.39, 0.29) is 58.8 Å². The van der Waals surface area contributed by atoms with Gasteiger partial charge in [0.1, 0.15) is 22.0 Å². The number of anilines is 2. The summed E-state index contributed by atoms with van der Waals surface area (Å²) in [6.07, 6.45) is 16.5. The van der Waals surface area contributed by atoms with Gasteiger partial charge in [-0.05, 0) is 196 Å². The fourth-order valence-electron chi connectivity index (χ4n) is 14.1. The Morgan fingerprint density at radius 3 is 1.40 bits per heavy atom. The van der Waals surface area contributed by atoms with Gasteiger partial charge in [0, 0.05) is 72.4 Å². The highest BCUT2D eigenvalue weighted by atomic mass is 35.5. The number of nitrogens with zero attached hydrogens (tertiary/aromatic N) is 2. The molecule has 0 unspecified atom stereocenters. The van der Waals surface area contributed by atoms with Crippen molar-refractivity contribution in [2.45, 2.75) is 123 Å². The molecular formula is C68H86Cl2N4O12S2. The van der Waals surface area contributed by atoms with Gasteiger partial charge in [-0.25, -0.2) is 26.3 Å². The molecule has 0 bridgehead atoms. The second-order valence-corrected chi connectivity index (χ2v) is 29.7. The lowest BCUT2D eigenvalue weighted by atomic mass is 9.68. The second kappa shape index (κ2) is 29.1. The van der Waals surface area contributed by atoms with E-state index in [0.29, 0.717) is 86.6 Å². The van der Waals surface area contributed by atoms with Gasteiger partial charge in [-0.3, -0.25) is 9.59 Å². The minimum atomic E-state index is -4.00. The van der Waals surface area contributed by atoms with Crippen LogP contribution in [-0.4, -0.2) is 128 Å². The summed E-state index contributed by atoms with van der Waals surface area (Å²) < 4.78 is 80.5. The third kappa shape index (κ3) is 14.9. The molecule has 2 fully saturated rings. The molecule has 4 N–H and O–H groups in total. The summed E-state index contributed by atoms with van der Waals surface area (Å²) in [6, 6.07) is 22.4. The van der Waals surface area contributed by atoms with E-state index < -0.39 is 54.6 Å². The van der Waals surface area contributed by atoms with Gasteiger partial charge in [0.05, 0.1) is 50.0 Å². The van der Waals surface area contributed by atoms with Gasteiger partial charge < -0.3 is 39.0 Å². The topological polar surface area (TPSA) is 210 Å². The number of hydrogen-bond acceptors (Lipinski definition) is 14. The maximum absolute atomic E-state index is 13.4. The Hall–Kier alpha value is -5.70. The summed E-state index contributed by atoms with van der Waals surface area (Å²) in [7, 11) is -5.14. The third-order valence-corrected chi connectivity index (χ3v) is 23.2. The molecule has 4 aromatic carbocycles. The molecule has 20 heteroatoms. The van der Waals surface area contributed by atoms with Crippen molar-refractivity contribution in [3.8, 4) is 11.5 Å². The lowest BCUT2D eigenvalue weighted by Gasteiger charge is -2.45. The molecule has 2 spiro atoms. The highest BCUT2D eigenvalue weighted by Crippen LogP contribution is 2.49. The number of allylic oxidation sites excluding steroid dienone is 2. The van der Waals surface area contributed by atoms with Crippen molar-refractivity contribution in [2.75, 3.05) is 76.6 Å². The number of halogens is 2. The molecule has 2 amide bonds. The van der Waals surface area contributed by atoms with Crippen LogP contribution in [0.3, 0.4) is 0 Å². The van der Waals surface area contributed by atoms with Crippen LogP contribution in [0.2, 0.25) is 10.0 Å². The van der Waals surface area contributed by atoms with Crippen molar-refractivity contribution < 1.29 is 55.6 Å². The van der Waals surface area contributed by atoms with Gasteiger partial charge in [-0.2, -0.15) is 0 Å². The third-order valence-electron chi connectivity index (χ3n) is 19.3. The lowest BCUT2D eigenvalue weighted by molar-refractivity contribution is 0.0458.